The fourth-order valence-electron chi connectivity index (χ4n) is 2.21. The number of ether oxygens (including phenoxy) is 2. The van der Waals surface area contributed by atoms with Gasteiger partial charge in [-0.3, -0.25) is 4.79 Å². The zero-order valence-corrected chi connectivity index (χ0v) is 12.6. The Morgan fingerprint density at radius 3 is 2.81 bits per heavy atom. The number of carbonyl (C=O) groups excluding carboxylic acids is 1. The average molecular weight is 291 g/mol. The average Bonchev–Trinajstić information content (AvgIpc) is 2.80. The van der Waals surface area contributed by atoms with Crippen molar-refractivity contribution in [3.63, 3.8) is 0 Å². The van der Waals surface area contributed by atoms with Crippen molar-refractivity contribution < 1.29 is 14.3 Å². The van der Waals surface area contributed by atoms with Gasteiger partial charge in [0.1, 0.15) is 24.5 Å². The molecule has 0 saturated carbocycles. The van der Waals surface area contributed by atoms with Crippen molar-refractivity contribution >= 4 is 22.7 Å². The summed E-state index contributed by atoms with van der Waals surface area (Å²) in [7, 11) is 1.57. The molecule has 1 aromatic carbocycles. The number of rotatable bonds is 6. The molecule has 0 aliphatic carbocycles. The molecule has 6 nitrogen and oxygen atoms in total. The molecule has 21 heavy (non-hydrogen) atoms. The van der Waals surface area contributed by atoms with Gasteiger partial charge in [0.2, 0.25) is 0 Å². The van der Waals surface area contributed by atoms with Crippen LogP contribution in [-0.2, 0) is 20.8 Å². The summed E-state index contributed by atoms with van der Waals surface area (Å²) < 4.78 is 11.9. The number of hydrogen-bond donors (Lipinski definition) is 1. The molecule has 0 bridgehead atoms. The van der Waals surface area contributed by atoms with Gasteiger partial charge in [0.25, 0.3) is 0 Å². The van der Waals surface area contributed by atoms with E-state index in [1.54, 1.807) is 13.2 Å². The van der Waals surface area contributed by atoms with Crippen LogP contribution in [0.5, 0.6) is 0 Å². The molecule has 1 aromatic heterocycles. The minimum Gasteiger partial charge on any atom is -0.462 e. The fraction of sp³-hybridized carbons (Fsp3) is 0.467. The second kappa shape index (κ2) is 6.58. The van der Waals surface area contributed by atoms with E-state index in [4.69, 9.17) is 15.2 Å². The van der Waals surface area contributed by atoms with E-state index in [2.05, 4.69) is 4.98 Å². The highest BCUT2D eigenvalue weighted by Gasteiger charge is 2.17. The summed E-state index contributed by atoms with van der Waals surface area (Å²) in [6, 6.07) is 5.57. The lowest BCUT2D eigenvalue weighted by molar-refractivity contribution is -0.145. The number of hydrogen-bond acceptors (Lipinski definition) is 5. The number of nitrogens with zero attached hydrogens (tertiary/aromatic N) is 2. The summed E-state index contributed by atoms with van der Waals surface area (Å²) in [5.41, 5.74) is 8.15. The maximum absolute atomic E-state index is 11.9. The van der Waals surface area contributed by atoms with Crippen LogP contribution in [0.1, 0.15) is 25.6 Å². The topological polar surface area (TPSA) is 79.4 Å². The van der Waals surface area contributed by atoms with Gasteiger partial charge in [0, 0.05) is 13.0 Å². The molecule has 0 aliphatic rings. The van der Waals surface area contributed by atoms with Crippen molar-refractivity contribution in [1.82, 2.24) is 9.55 Å². The summed E-state index contributed by atoms with van der Waals surface area (Å²) in [4.78, 5) is 16.5. The lowest BCUT2D eigenvalue weighted by atomic mass is 10.2. The van der Waals surface area contributed by atoms with Gasteiger partial charge in [0.05, 0.1) is 17.8 Å². The monoisotopic (exact) mass is 291 g/mol. The van der Waals surface area contributed by atoms with Gasteiger partial charge < -0.3 is 19.8 Å². The fourth-order valence-corrected chi connectivity index (χ4v) is 2.21. The largest absolute Gasteiger partial charge is 0.462 e. The van der Waals surface area contributed by atoms with Crippen LogP contribution in [0, 0.1) is 0 Å². The Bertz CT molecular complexity index is 634. The number of aromatic nitrogens is 2. The maximum atomic E-state index is 11.9. The zero-order chi connectivity index (χ0) is 15.4. The predicted octanol–water partition coefficient (Wildman–Crippen LogP) is 1.93. The number of benzene rings is 1. The first-order chi connectivity index (χ1) is 10.0. The van der Waals surface area contributed by atoms with Crippen LogP contribution in [-0.4, -0.2) is 35.8 Å². The molecule has 0 aliphatic heterocycles. The van der Waals surface area contributed by atoms with Gasteiger partial charge in [-0.05, 0) is 12.1 Å². The van der Waals surface area contributed by atoms with Crippen LogP contribution in [0.4, 0.5) is 5.69 Å². The SMILES string of the molecule is COCCOC(=O)Cn1c(C(C)C)nc2c(N)cccc21. The van der Waals surface area contributed by atoms with E-state index in [0.29, 0.717) is 12.3 Å². The highest BCUT2D eigenvalue weighted by molar-refractivity contribution is 5.88. The second-order valence-corrected chi connectivity index (χ2v) is 5.14. The molecule has 0 saturated heterocycles. The number of methoxy groups -OCH3 is 1. The summed E-state index contributed by atoms with van der Waals surface area (Å²) in [6.45, 7) is 4.83. The summed E-state index contributed by atoms with van der Waals surface area (Å²) in [5, 5.41) is 0. The van der Waals surface area contributed by atoms with E-state index >= 15 is 0 Å². The number of fused-ring (bicyclic) bond motifs is 1. The molecule has 2 aromatic rings. The molecule has 0 spiro atoms. The van der Waals surface area contributed by atoms with E-state index in [0.717, 1.165) is 16.9 Å². The Kier molecular flexibility index (Phi) is 4.80. The van der Waals surface area contributed by atoms with E-state index in [1.807, 2.05) is 30.5 Å². The van der Waals surface area contributed by atoms with Crippen LogP contribution in [0.3, 0.4) is 0 Å². The van der Waals surface area contributed by atoms with Gasteiger partial charge in [-0.25, -0.2) is 4.98 Å². The quantitative estimate of drug-likeness (QED) is 0.500. The van der Waals surface area contributed by atoms with Gasteiger partial charge >= 0.3 is 5.97 Å². The lowest BCUT2D eigenvalue weighted by Crippen LogP contribution is -2.18. The van der Waals surface area contributed by atoms with E-state index < -0.39 is 0 Å². The molecule has 0 unspecified atom stereocenters. The second-order valence-electron chi connectivity index (χ2n) is 5.14. The van der Waals surface area contributed by atoms with Gasteiger partial charge in [-0.15, -0.1) is 0 Å². The van der Waals surface area contributed by atoms with E-state index in [1.165, 1.54) is 0 Å². The number of esters is 1. The Balaban J connectivity index is 2.30. The summed E-state index contributed by atoms with van der Waals surface area (Å²) >= 11 is 0. The van der Waals surface area contributed by atoms with Crippen LogP contribution < -0.4 is 5.73 Å². The van der Waals surface area contributed by atoms with Crippen LogP contribution >= 0.6 is 0 Å². The minimum atomic E-state index is -0.310. The molecule has 0 fully saturated rings. The maximum Gasteiger partial charge on any atom is 0.326 e. The normalized spacial score (nSPS) is 11.2. The van der Waals surface area contributed by atoms with E-state index in [-0.39, 0.29) is 25.0 Å². The van der Waals surface area contributed by atoms with Crippen LogP contribution in [0.2, 0.25) is 0 Å². The first-order valence-corrected chi connectivity index (χ1v) is 6.93. The predicted molar refractivity (Wildman–Crippen MR) is 81.1 cm³/mol. The number of nitrogen functional groups attached to an aromatic ring is 1. The summed E-state index contributed by atoms with van der Waals surface area (Å²) in [5.74, 6) is 0.700. The molecule has 114 valence electrons. The van der Waals surface area contributed by atoms with Gasteiger partial charge in [0.15, 0.2) is 0 Å². The van der Waals surface area contributed by atoms with Gasteiger partial charge in [-0.1, -0.05) is 19.9 Å². The number of para-hydroxylation sites is 1. The molecule has 2 N–H and O–H groups in total. The van der Waals surface area contributed by atoms with Gasteiger partial charge in [-0.2, -0.15) is 0 Å². The van der Waals surface area contributed by atoms with Crippen LogP contribution in [0.25, 0.3) is 11.0 Å². The van der Waals surface area contributed by atoms with E-state index in [9.17, 15) is 4.79 Å². The number of nitrogens with two attached hydrogens (primary N) is 1. The molecule has 0 radical (unpaired) electrons. The highest BCUT2D eigenvalue weighted by atomic mass is 16.6. The Hall–Kier alpha value is -2.08. The summed E-state index contributed by atoms with van der Waals surface area (Å²) in [6.07, 6.45) is 0. The number of carbonyl (C=O) groups is 1. The lowest BCUT2D eigenvalue weighted by Gasteiger charge is -2.11. The zero-order valence-electron chi connectivity index (χ0n) is 12.6. The first-order valence-electron chi connectivity index (χ1n) is 6.93. The third kappa shape index (κ3) is 3.33. The molecular weight excluding hydrogens is 270 g/mol. The Labute approximate surface area is 123 Å². The standard InChI is InChI=1S/C15H21N3O3/c1-10(2)15-17-14-11(16)5-4-6-12(14)18(15)9-13(19)21-8-7-20-3/h4-6,10H,7-9,16H2,1-3H3. The molecule has 1 heterocycles. The van der Waals surface area contributed by atoms with Crippen molar-refractivity contribution in [3.05, 3.63) is 24.0 Å². The molecular formula is C15H21N3O3. The van der Waals surface area contributed by atoms with Crippen molar-refractivity contribution in [2.75, 3.05) is 26.1 Å². The van der Waals surface area contributed by atoms with Crippen molar-refractivity contribution in [2.24, 2.45) is 0 Å². The first kappa shape index (κ1) is 15.3. The van der Waals surface area contributed by atoms with Crippen LogP contribution in [0.15, 0.2) is 18.2 Å². The highest BCUT2D eigenvalue weighted by Crippen LogP contribution is 2.25. The van der Waals surface area contributed by atoms with Crippen molar-refractivity contribution in [1.29, 1.82) is 0 Å². The van der Waals surface area contributed by atoms with Crippen molar-refractivity contribution in [3.8, 4) is 0 Å². The molecule has 6 heteroatoms. The third-order valence-electron chi connectivity index (χ3n) is 3.19. The number of anilines is 1. The molecule has 2 rings (SSSR count). The Morgan fingerprint density at radius 2 is 2.14 bits per heavy atom. The Morgan fingerprint density at radius 1 is 1.38 bits per heavy atom. The molecule has 0 atom stereocenters. The number of imidazole rings is 1. The van der Waals surface area contributed by atoms with Crippen molar-refractivity contribution in [2.45, 2.75) is 26.3 Å². The molecule has 0 amide bonds. The third-order valence-corrected chi connectivity index (χ3v) is 3.19. The minimum absolute atomic E-state index is 0.122. The smallest absolute Gasteiger partial charge is 0.326 e.